The average molecular weight is 227 g/mol. The van der Waals surface area contributed by atoms with E-state index in [0.29, 0.717) is 0 Å². The van der Waals surface area contributed by atoms with Crippen LogP contribution in [0.1, 0.15) is 27.7 Å². The van der Waals surface area contributed by atoms with Gasteiger partial charge in [-0.25, -0.2) is 8.42 Å². The van der Waals surface area contributed by atoms with Gasteiger partial charge in [-0.05, 0) is 6.92 Å². The molecule has 5 heteroatoms. The monoisotopic (exact) mass is 226 g/mol. The van der Waals surface area contributed by atoms with Crippen molar-refractivity contribution in [3.8, 4) is 0 Å². The molecule has 1 atom stereocenters. The molecule has 0 bridgehead atoms. The van der Waals surface area contributed by atoms with Gasteiger partial charge in [0.05, 0.1) is 0 Å². The molecule has 3 nitrogen and oxygen atoms in total. The van der Waals surface area contributed by atoms with Crippen LogP contribution in [-0.4, -0.2) is 24.7 Å². The molecule has 0 aliphatic rings. The van der Waals surface area contributed by atoms with Crippen LogP contribution in [0.4, 0.5) is 0 Å². The van der Waals surface area contributed by atoms with E-state index in [2.05, 4.69) is 0 Å². The number of ketones is 1. The number of carbonyl (C=O) groups is 1. The van der Waals surface area contributed by atoms with E-state index in [1.54, 1.807) is 20.8 Å². The Bertz CT molecular complexity index is 309. The Labute approximate surface area is 84.4 Å². The van der Waals surface area contributed by atoms with Gasteiger partial charge in [-0.3, -0.25) is 4.79 Å². The number of hydrogen-bond donors (Lipinski definition) is 0. The van der Waals surface area contributed by atoms with Crippen molar-refractivity contribution < 1.29 is 13.2 Å². The van der Waals surface area contributed by atoms with Gasteiger partial charge in [0.2, 0.25) is 4.21 Å². The van der Waals surface area contributed by atoms with E-state index in [4.69, 9.17) is 11.6 Å². The highest BCUT2D eigenvalue weighted by molar-refractivity contribution is 7.94. The molecule has 0 saturated heterocycles. The van der Waals surface area contributed by atoms with Crippen LogP contribution in [0.15, 0.2) is 0 Å². The van der Waals surface area contributed by atoms with Crippen LogP contribution in [0, 0.1) is 5.41 Å². The van der Waals surface area contributed by atoms with Crippen LogP contribution in [0.5, 0.6) is 0 Å². The topological polar surface area (TPSA) is 51.2 Å². The van der Waals surface area contributed by atoms with E-state index in [1.165, 1.54) is 6.92 Å². The third-order valence-electron chi connectivity index (χ3n) is 1.78. The fourth-order valence-corrected chi connectivity index (χ4v) is 1.76. The predicted molar refractivity (Wildman–Crippen MR) is 53.6 cm³/mol. The van der Waals surface area contributed by atoms with Crippen molar-refractivity contribution in [2.24, 2.45) is 5.41 Å². The summed E-state index contributed by atoms with van der Waals surface area (Å²) in [6.07, 6.45) is 0.962. The van der Waals surface area contributed by atoms with Crippen LogP contribution in [0.3, 0.4) is 0 Å². The van der Waals surface area contributed by atoms with Gasteiger partial charge in [-0.2, -0.15) is 0 Å². The third kappa shape index (κ3) is 2.68. The molecule has 0 unspecified atom stereocenters. The van der Waals surface area contributed by atoms with Gasteiger partial charge < -0.3 is 0 Å². The van der Waals surface area contributed by atoms with E-state index < -0.39 is 25.2 Å². The predicted octanol–water partition coefficient (Wildman–Crippen LogP) is 1.60. The standard InChI is InChI=1S/C8H15ClO3S/c1-7(2,3)6(10)8(4,9)13(5,11)12/h1-5H3/t8-/m1/s1. The Kier molecular flexibility index (Phi) is 3.22. The normalized spacial score (nSPS) is 18.0. The van der Waals surface area contributed by atoms with Crippen molar-refractivity contribution >= 4 is 27.2 Å². The molecule has 78 valence electrons. The molecular formula is C8H15ClO3S. The smallest absolute Gasteiger partial charge is 0.200 e. The van der Waals surface area contributed by atoms with Gasteiger partial charge in [0, 0.05) is 11.7 Å². The van der Waals surface area contributed by atoms with Crippen molar-refractivity contribution in [1.29, 1.82) is 0 Å². The number of Topliss-reactive ketones (excluding diaryl/α,β-unsaturated/α-hetero) is 1. The zero-order chi connectivity index (χ0) is 11.1. The van der Waals surface area contributed by atoms with Crippen molar-refractivity contribution in [2.45, 2.75) is 31.9 Å². The zero-order valence-electron chi connectivity index (χ0n) is 8.51. The minimum atomic E-state index is -3.57. The van der Waals surface area contributed by atoms with E-state index in [9.17, 15) is 13.2 Å². The summed E-state index contributed by atoms with van der Waals surface area (Å²) in [6.45, 7) is 6.14. The third-order valence-corrected chi connectivity index (χ3v) is 4.37. The lowest BCUT2D eigenvalue weighted by atomic mass is 9.89. The van der Waals surface area contributed by atoms with Gasteiger partial charge in [-0.15, -0.1) is 0 Å². The molecule has 0 fully saturated rings. The van der Waals surface area contributed by atoms with Gasteiger partial charge in [-0.1, -0.05) is 32.4 Å². The van der Waals surface area contributed by atoms with Crippen LogP contribution >= 0.6 is 11.6 Å². The van der Waals surface area contributed by atoms with E-state index in [-0.39, 0.29) is 0 Å². The summed E-state index contributed by atoms with van der Waals surface area (Å²) in [5, 5.41) is 0. The van der Waals surface area contributed by atoms with Crippen molar-refractivity contribution in [3.05, 3.63) is 0 Å². The van der Waals surface area contributed by atoms with Gasteiger partial charge in [0.15, 0.2) is 15.6 Å². The highest BCUT2D eigenvalue weighted by Gasteiger charge is 2.46. The molecule has 0 heterocycles. The van der Waals surface area contributed by atoms with Crippen LogP contribution in [0.25, 0.3) is 0 Å². The summed E-state index contributed by atoms with van der Waals surface area (Å²) in [7, 11) is -3.57. The van der Waals surface area contributed by atoms with Crippen molar-refractivity contribution in [1.82, 2.24) is 0 Å². The second-order valence-corrected chi connectivity index (χ2v) is 7.61. The number of alkyl halides is 1. The van der Waals surface area contributed by atoms with Crippen LogP contribution in [-0.2, 0) is 14.6 Å². The van der Waals surface area contributed by atoms with E-state index in [1.807, 2.05) is 0 Å². The summed E-state index contributed by atoms with van der Waals surface area (Å²) in [5.74, 6) is -0.482. The molecule has 0 N–H and O–H groups in total. The molecule has 0 saturated carbocycles. The SMILES string of the molecule is CC(C)(C)C(=O)[C@](C)(Cl)S(C)(=O)=O. The number of rotatable bonds is 2. The molecule has 0 amide bonds. The number of carbonyl (C=O) groups excluding carboxylic acids is 1. The molecule has 0 spiro atoms. The maximum absolute atomic E-state index is 11.6. The maximum Gasteiger partial charge on any atom is 0.200 e. The van der Waals surface area contributed by atoms with Gasteiger partial charge in [0.1, 0.15) is 0 Å². The quantitative estimate of drug-likeness (QED) is 0.672. The lowest BCUT2D eigenvalue weighted by molar-refractivity contribution is -0.126. The Morgan fingerprint density at radius 3 is 1.54 bits per heavy atom. The van der Waals surface area contributed by atoms with E-state index >= 15 is 0 Å². The maximum atomic E-state index is 11.6. The highest BCUT2D eigenvalue weighted by atomic mass is 35.5. The van der Waals surface area contributed by atoms with E-state index in [0.717, 1.165) is 6.26 Å². The summed E-state index contributed by atoms with van der Waals surface area (Å²) in [6, 6.07) is 0. The second-order valence-electron chi connectivity index (χ2n) is 4.27. The second kappa shape index (κ2) is 3.24. The fraction of sp³-hybridized carbons (Fsp3) is 0.875. The molecule has 0 aliphatic carbocycles. The largest absolute Gasteiger partial charge is 0.296 e. The highest BCUT2D eigenvalue weighted by Crippen LogP contribution is 2.31. The van der Waals surface area contributed by atoms with Crippen molar-refractivity contribution in [2.75, 3.05) is 6.26 Å². The summed E-state index contributed by atoms with van der Waals surface area (Å²) in [5.41, 5.74) is -0.750. The Hall–Kier alpha value is -0.0900. The first-order valence-electron chi connectivity index (χ1n) is 3.84. The zero-order valence-corrected chi connectivity index (χ0v) is 10.1. The Morgan fingerprint density at radius 2 is 1.46 bits per heavy atom. The molecule has 0 radical (unpaired) electrons. The first-order chi connectivity index (χ1) is 5.40. The number of sulfone groups is 1. The lowest BCUT2D eigenvalue weighted by Crippen LogP contribution is -2.44. The molecule has 0 aromatic rings. The molecule has 0 rings (SSSR count). The minimum Gasteiger partial charge on any atom is -0.296 e. The average Bonchev–Trinajstić information content (AvgIpc) is 1.81. The molecular weight excluding hydrogens is 212 g/mol. The molecule has 0 aromatic heterocycles. The summed E-state index contributed by atoms with van der Waals surface area (Å²) in [4.78, 5) is 11.6. The van der Waals surface area contributed by atoms with Gasteiger partial charge in [0.25, 0.3) is 0 Å². The van der Waals surface area contributed by atoms with Crippen LogP contribution in [0.2, 0.25) is 0 Å². The number of halogens is 1. The Balaban J connectivity index is 5.23. The number of hydrogen-bond acceptors (Lipinski definition) is 3. The Morgan fingerprint density at radius 1 is 1.15 bits per heavy atom. The van der Waals surface area contributed by atoms with Crippen LogP contribution < -0.4 is 0 Å². The minimum absolute atomic E-state index is 0.482. The molecule has 13 heavy (non-hydrogen) atoms. The fourth-order valence-electron chi connectivity index (χ4n) is 0.838. The summed E-state index contributed by atoms with van der Waals surface area (Å²) < 4.78 is 20.6. The first-order valence-corrected chi connectivity index (χ1v) is 6.11. The molecule has 0 aliphatic heterocycles. The van der Waals surface area contributed by atoms with Crippen molar-refractivity contribution in [3.63, 3.8) is 0 Å². The summed E-state index contributed by atoms with van der Waals surface area (Å²) >= 11 is 5.71. The lowest BCUT2D eigenvalue weighted by Gasteiger charge is -2.26. The first kappa shape index (κ1) is 12.9. The van der Waals surface area contributed by atoms with Gasteiger partial charge >= 0.3 is 0 Å². The molecule has 0 aromatic carbocycles.